The van der Waals surface area contributed by atoms with E-state index in [1.54, 1.807) is 12.3 Å². The molecule has 1 rings (SSSR count). The molecule has 0 fully saturated rings. The van der Waals surface area contributed by atoms with Crippen LogP contribution >= 0.6 is 0 Å². The Morgan fingerprint density at radius 2 is 2.14 bits per heavy atom. The van der Waals surface area contributed by atoms with Gasteiger partial charge in [-0.25, -0.2) is 0 Å². The molecule has 0 aliphatic rings. The molecule has 0 spiro atoms. The van der Waals surface area contributed by atoms with Gasteiger partial charge >= 0.3 is 0 Å². The summed E-state index contributed by atoms with van der Waals surface area (Å²) in [5, 5.41) is 9.46. The van der Waals surface area contributed by atoms with Gasteiger partial charge in [-0.1, -0.05) is 25.5 Å². The molecule has 0 aliphatic heterocycles. The molecule has 76 valence electrons. The van der Waals surface area contributed by atoms with Crippen LogP contribution in [0.2, 0.25) is 0 Å². The van der Waals surface area contributed by atoms with Crippen LogP contribution in [0, 0.1) is 0 Å². The van der Waals surface area contributed by atoms with E-state index in [4.69, 9.17) is 0 Å². The highest BCUT2D eigenvalue weighted by atomic mass is 16.3. The first-order valence-corrected chi connectivity index (χ1v) is 5.05. The molecule has 2 nitrogen and oxygen atoms in total. The molecule has 0 aromatic heterocycles. The second kappa shape index (κ2) is 5.43. The lowest BCUT2D eigenvalue weighted by Gasteiger charge is -2.03. The van der Waals surface area contributed by atoms with E-state index in [1.165, 1.54) is 0 Å². The van der Waals surface area contributed by atoms with Crippen molar-refractivity contribution in [2.45, 2.75) is 32.7 Å². The first-order chi connectivity index (χ1) is 6.74. The molecule has 0 radical (unpaired) electrons. The van der Waals surface area contributed by atoms with Crippen molar-refractivity contribution in [1.29, 1.82) is 0 Å². The van der Waals surface area contributed by atoms with E-state index in [1.807, 2.05) is 18.2 Å². The van der Waals surface area contributed by atoms with E-state index < -0.39 is 0 Å². The Hall–Kier alpha value is -1.31. The summed E-state index contributed by atoms with van der Waals surface area (Å²) in [4.78, 5) is 4.36. The third kappa shape index (κ3) is 3.21. The number of aliphatic imine (C=N–C) groups is 1. The van der Waals surface area contributed by atoms with Crippen molar-refractivity contribution in [3.63, 3.8) is 0 Å². The molecule has 14 heavy (non-hydrogen) atoms. The standard InChI is InChI=1S/C12H17NO/c1-3-6-10(2)13-9-11-7-4-5-8-12(11)14/h4-5,7-10,14H,3,6H2,1-2H3. The van der Waals surface area contributed by atoms with E-state index >= 15 is 0 Å². The number of hydrogen-bond donors (Lipinski definition) is 1. The molecule has 2 heteroatoms. The molecule has 1 atom stereocenters. The summed E-state index contributed by atoms with van der Waals surface area (Å²) in [5.41, 5.74) is 0.787. The summed E-state index contributed by atoms with van der Waals surface area (Å²) in [6.07, 6.45) is 3.97. The molecule has 1 N–H and O–H groups in total. The van der Waals surface area contributed by atoms with Gasteiger partial charge in [-0.2, -0.15) is 0 Å². The number of hydrogen-bond acceptors (Lipinski definition) is 2. The van der Waals surface area contributed by atoms with Crippen LogP contribution in [0.5, 0.6) is 5.75 Å². The van der Waals surface area contributed by atoms with Crippen molar-refractivity contribution < 1.29 is 5.11 Å². The lowest BCUT2D eigenvalue weighted by Crippen LogP contribution is -1.97. The van der Waals surface area contributed by atoms with E-state index in [-0.39, 0.29) is 0 Å². The maximum absolute atomic E-state index is 9.46. The Balaban J connectivity index is 2.64. The van der Waals surface area contributed by atoms with Crippen molar-refractivity contribution in [1.82, 2.24) is 0 Å². The third-order valence-electron chi connectivity index (χ3n) is 2.11. The zero-order valence-electron chi connectivity index (χ0n) is 8.77. The van der Waals surface area contributed by atoms with E-state index in [0.717, 1.165) is 18.4 Å². The maximum atomic E-state index is 9.46. The number of rotatable bonds is 4. The quantitative estimate of drug-likeness (QED) is 0.729. The number of phenols is 1. The van der Waals surface area contributed by atoms with Gasteiger partial charge in [-0.3, -0.25) is 4.99 Å². The summed E-state index contributed by atoms with van der Waals surface area (Å²) in [6.45, 7) is 4.23. The van der Waals surface area contributed by atoms with Crippen LogP contribution in [0.25, 0.3) is 0 Å². The zero-order valence-corrected chi connectivity index (χ0v) is 8.77. The molecular formula is C12H17NO. The topological polar surface area (TPSA) is 32.6 Å². The van der Waals surface area contributed by atoms with Gasteiger partial charge in [0.15, 0.2) is 0 Å². The highest BCUT2D eigenvalue weighted by Crippen LogP contribution is 2.13. The molecule has 0 aliphatic carbocycles. The minimum Gasteiger partial charge on any atom is -0.507 e. The Kier molecular flexibility index (Phi) is 4.17. The molecule has 0 bridgehead atoms. The van der Waals surface area contributed by atoms with Crippen LogP contribution in [-0.4, -0.2) is 17.4 Å². The first-order valence-electron chi connectivity index (χ1n) is 5.05. The second-order valence-corrected chi connectivity index (χ2v) is 3.47. The van der Waals surface area contributed by atoms with Gasteiger partial charge in [0, 0.05) is 17.8 Å². The third-order valence-corrected chi connectivity index (χ3v) is 2.11. The monoisotopic (exact) mass is 191 g/mol. The first kappa shape index (κ1) is 10.8. The predicted octanol–water partition coefficient (Wildman–Crippen LogP) is 3.00. The van der Waals surface area contributed by atoms with Gasteiger partial charge in [0.05, 0.1) is 0 Å². The van der Waals surface area contributed by atoms with Gasteiger partial charge < -0.3 is 5.11 Å². The van der Waals surface area contributed by atoms with Gasteiger partial charge in [0.1, 0.15) is 5.75 Å². The molecule has 0 saturated carbocycles. The van der Waals surface area contributed by atoms with E-state index in [2.05, 4.69) is 18.8 Å². The molecule has 1 unspecified atom stereocenters. The molecular weight excluding hydrogens is 174 g/mol. The number of para-hydroxylation sites is 1. The van der Waals surface area contributed by atoms with Crippen molar-refractivity contribution in [3.8, 4) is 5.75 Å². The molecule has 0 heterocycles. The lowest BCUT2D eigenvalue weighted by atomic mass is 10.2. The number of phenolic OH excluding ortho intramolecular Hbond substituents is 1. The number of benzene rings is 1. The van der Waals surface area contributed by atoms with Crippen LogP contribution in [0.4, 0.5) is 0 Å². The van der Waals surface area contributed by atoms with Crippen LogP contribution in [-0.2, 0) is 0 Å². The Bertz CT molecular complexity index is 307. The summed E-state index contributed by atoms with van der Waals surface area (Å²) in [5.74, 6) is 0.292. The van der Waals surface area contributed by atoms with Crippen molar-refractivity contribution >= 4 is 6.21 Å². The minimum atomic E-state index is 0.292. The number of nitrogens with zero attached hydrogens (tertiary/aromatic N) is 1. The smallest absolute Gasteiger partial charge is 0.124 e. The van der Waals surface area contributed by atoms with Crippen LogP contribution < -0.4 is 0 Å². The lowest BCUT2D eigenvalue weighted by molar-refractivity contribution is 0.474. The highest BCUT2D eigenvalue weighted by molar-refractivity contribution is 5.83. The average molecular weight is 191 g/mol. The predicted molar refractivity (Wildman–Crippen MR) is 60.1 cm³/mol. The van der Waals surface area contributed by atoms with Gasteiger partial charge in [0.25, 0.3) is 0 Å². The Morgan fingerprint density at radius 1 is 1.43 bits per heavy atom. The fourth-order valence-electron chi connectivity index (χ4n) is 1.30. The summed E-state index contributed by atoms with van der Waals surface area (Å²) in [7, 11) is 0. The summed E-state index contributed by atoms with van der Waals surface area (Å²) >= 11 is 0. The zero-order chi connectivity index (χ0) is 10.4. The van der Waals surface area contributed by atoms with Crippen LogP contribution in [0.3, 0.4) is 0 Å². The van der Waals surface area contributed by atoms with Crippen molar-refractivity contribution in [2.24, 2.45) is 4.99 Å². The molecule has 1 aromatic carbocycles. The fraction of sp³-hybridized carbons (Fsp3) is 0.417. The number of aromatic hydroxyl groups is 1. The van der Waals surface area contributed by atoms with Crippen LogP contribution in [0.1, 0.15) is 32.3 Å². The molecule has 1 aromatic rings. The molecule has 0 saturated heterocycles. The minimum absolute atomic E-state index is 0.292. The Labute approximate surface area is 85.3 Å². The normalized spacial score (nSPS) is 13.3. The average Bonchev–Trinajstić information content (AvgIpc) is 2.17. The second-order valence-electron chi connectivity index (χ2n) is 3.47. The van der Waals surface area contributed by atoms with Crippen molar-refractivity contribution in [3.05, 3.63) is 29.8 Å². The van der Waals surface area contributed by atoms with Gasteiger partial charge in [-0.05, 0) is 25.5 Å². The largest absolute Gasteiger partial charge is 0.507 e. The van der Waals surface area contributed by atoms with E-state index in [9.17, 15) is 5.11 Å². The molecule has 0 amide bonds. The maximum Gasteiger partial charge on any atom is 0.124 e. The summed E-state index contributed by atoms with van der Waals surface area (Å²) < 4.78 is 0. The van der Waals surface area contributed by atoms with E-state index in [0.29, 0.717) is 11.8 Å². The Morgan fingerprint density at radius 3 is 2.79 bits per heavy atom. The SMILES string of the molecule is CCCC(C)N=Cc1ccccc1O. The van der Waals surface area contributed by atoms with Crippen molar-refractivity contribution in [2.75, 3.05) is 0 Å². The van der Waals surface area contributed by atoms with Crippen LogP contribution in [0.15, 0.2) is 29.3 Å². The van der Waals surface area contributed by atoms with Gasteiger partial charge in [0.2, 0.25) is 0 Å². The fourth-order valence-corrected chi connectivity index (χ4v) is 1.30. The highest BCUT2D eigenvalue weighted by Gasteiger charge is 1.97. The van der Waals surface area contributed by atoms with Gasteiger partial charge in [-0.15, -0.1) is 0 Å². The summed E-state index contributed by atoms with van der Waals surface area (Å²) in [6, 6.07) is 7.57.